The van der Waals surface area contributed by atoms with Crippen molar-refractivity contribution in [2.45, 2.75) is 10.9 Å². The third kappa shape index (κ3) is 4.65. The third-order valence-corrected chi connectivity index (χ3v) is 7.25. The van der Waals surface area contributed by atoms with Gasteiger partial charge >= 0.3 is 0 Å². The molecule has 10 nitrogen and oxygen atoms in total. The highest BCUT2D eigenvalue weighted by atomic mass is 32.2. The number of morpholine rings is 1. The zero-order valence-corrected chi connectivity index (χ0v) is 18.3. The molecule has 1 aliphatic rings. The standard InChI is InChI=1S/C22H22N4O6S/c23-21(28)20(14-4-2-1-3-5-14)25-22(29)17-13-19(27)24-18-7-6-15(12-16(17)18)33(30,31)26-8-10-32-11-9-26/h1-7,12-13,20H,8-11H2,(H2,23,28)(H,24,27)(H,25,29). The molecule has 2 aromatic carbocycles. The Bertz CT molecular complexity index is 1360. The SMILES string of the molecule is NC(=O)C(NC(=O)c1cc(=O)[nH]c2ccc(S(=O)(=O)N3CCOCC3)cc12)c1ccccc1. The molecule has 1 aliphatic heterocycles. The van der Waals surface area contributed by atoms with Crippen LogP contribution >= 0.6 is 0 Å². The highest BCUT2D eigenvalue weighted by Gasteiger charge is 2.28. The first-order valence-electron chi connectivity index (χ1n) is 10.2. The number of carbonyl (C=O) groups excluding carboxylic acids is 2. The van der Waals surface area contributed by atoms with Crippen molar-refractivity contribution >= 4 is 32.7 Å². The predicted molar refractivity (Wildman–Crippen MR) is 120 cm³/mol. The summed E-state index contributed by atoms with van der Waals surface area (Å²) >= 11 is 0. The van der Waals surface area contributed by atoms with Crippen molar-refractivity contribution in [3.05, 3.63) is 76.1 Å². The number of benzene rings is 2. The van der Waals surface area contributed by atoms with Crippen molar-refractivity contribution < 1.29 is 22.7 Å². The van der Waals surface area contributed by atoms with Gasteiger partial charge in [0.1, 0.15) is 6.04 Å². The number of primary amides is 1. The van der Waals surface area contributed by atoms with E-state index in [1.54, 1.807) is 30.3 Å². The number of hydrogen-bond donors (Lipinski definition) is 3. The highest BCUT2D eigenvalue weighted by Crippen LogP contribution is 2.24. The summed E-state index contributed by atoms with van der Waals surface area (Å²) in [7, 11) is -3.83. The molecule has 172 valence electrons. The van der Waals surface area contributed by atoms with E-state index in [0.717, 1.165) is 6.07 Å². The van der Waals surface area contributed by atoms with E-state index in [9.17, 15) is 22.8 Å². The largest absolute Gasteiger partial charge is 0.379 e. The monoisotopic (exact) mass is 470 g/mol. The molecule has 3 aromatic rings. The molecule has 1 aromatic heterocycles. The van der Waals surface area contributed by atoms with Crippen LogP contribution in [0, 0.1) is 0 Å². The molecule has 4 rings (SSSR count). The van der Waals surface area contributed by atoms with Gasteiger partial charge in [0.25, 0.3) is 5.91 Å². The van der Waals surface area contributed by atoms with E-state index in [0.29, 0.717) is 18.8 Å². The van der Waals surface area contributed by atoms with Gasteiger partial charge in [-0.25, -0.2) is 8.42 Å². The summed E-state index contributed by atoms with van der Waals surface area (Å²) in [6.45, 7) is 1.02. The summed E-state index contributed by atoms with van der Waals surface area (Å²) < 4.78 is 32.7. The lowest BCUT2D eigenvalue weighted by atomic mass is 10.0. The smallest absolute Gasteiger partial charge is 0.253 e. The molecule has 0 spiro atoms. The van der Waals surface area contributed by atoms with Crippen molar-refractivity contribution in [3.8, 4) is 0 Å². The van der Waals surface area contributed by atoms with E-state index in [4.69, 9.17) is 10.5 Å². The van der Waals surface area contributed by atoms with Gasteiger partial charge in [0.05, 0.1) is 23.7 Å². The quantitative estimate of drug-likeness (QED) is 0.477. The Balaban J connectivity index is 1.75. The number of fused-ring (bicyclic) bond motifs is 1. The Kier molecular flexibility index (Phi) is 6.27. The van der Waals surface area contributed by atoms with Crippen LogP contribution in [-0.4, -0.2) is 55.8 Å². The Morgan fingerprint density at radius 3 is 2.42 bits per heavy atom. The minimum Gasteiger partial charge on any atom is -0.379 e. The number of carbonyl (C=O) groups is 2. The van der Waals surface area contributed by atoms with E-state index in [-0.39, 0.29) is 34.5 Å². The van der Waals surface area contributed by atoms with Gasteiger partial charge in [0, 0.05) is 30.1 Å². The minimum absolute atomic E-state index is 0.0208. The number of aromatic nitrogens is 1. The maximum Gasteiger partial charge on any atom is 0.253 e. The number of pyridine rings is 1. The van der Waals surface area contributed by atoms with Crippen LogP contribution in [0.3, 0.4) is 0 Å². The van der Waals surface area contributed by atoms with Gasteiger partial charge in [-0.3, -0.25) is 14.4 Å². The number of H-pyrrole nitrogens is 1. The Labute approximate surface area is 189 Å². The van der Waals surface area contributed by atoms with E-state index < -0.39 is 33.4 Å². The third-order valence-electron chi connectivity index (χ3n) is 5.36. The first-order chi connectivity index (χ1) is 15.8. The van der Waals surface area contributed by atoms with Gasteiger partial charge < -0.3 is 20.8 Å². The normalized spacial score (nSPS) is 15.8. The molecule has 1 unspecified atom stereocenters. The fraction of sp³-hybridized carbons (Fsp3) is 0.227. The molecule has 2 amide bonds. The predicted octanol–water partition coefficient (Wildman–Crippen LogP) is 0.505. The van der Waals surface area contributed by atoms with Crippen molar-refractivity contribution in [3.63, 3.8) is 0 Å². The van der Waals surface area contributed by atoms with Crippen LogP contribution in [0.2, 0.25) is 0 Å². The molecule has 11 heteroatoms. The molecule has 0 radical (unpaired) electrons. The number of amides is 2. The van der Waals surface area contributed by atoms with Crippen molar-refractivity contribution in [1.29, 1.82) is 0 Å². The number of nitrogens with two attached hydrogens (primary N) is 1. The number of hydrogen-bond acceptors (Lipinski definition) is 6. The summed E-state index contributed by atoms with van der Waals surface area (Å²) in [4.78, 5) is 39.9. The van der Waals surface area contributed by atoms with Crippen molar-refractivity contribution in [2.75, 3.05) is 26.3 Å². The second-order valence-corrected chi connectivity index (χ2v) is 9.43. The number of ether oxygens (including phenoxy) is 1. The molecular formula is C22H22N4O6S. The number of nitrogens with one attached hydrogen (secondary N) is 2. The average molecular weight is 471 g/mol. The van der Waals surface area contributed by atoms with Crippen LogP contribution < -0.4 is 16.6 Å². The van der Waals surface area contributed by atoms with Crippen LogP contribution in [0.5, 0.6) is 0 Å². The molecule has 0 saturated carbocycles. The molecule has 33 heavy (non-hydrogen) atoms. The van der Waals surface area contributed by atoms with E-state index in [2.05, 4.69) is 10.3 Å². The summed E-state index contributed by atoms with van der Waals surface area (Å²) in [5.41, 5.74) is 5.62. The minimum atomic E-state index is -3.83. The summed E-state index contributed by atoms with van der Waals surface area (Å²) in [5.74, 6) is -1.51. The first-order valence-corrected chi connectivity index (χ1v) is 11.6. The average Bonchev–Trinajstić information content (AvgIpc) is 2.82. The lowest BCUT2D eigenvalue weighted by Crippen LogP contribution is -2.40. The Hall–Kier alpha value is -3.54. The fourth-order valence-electron chi connectivity index (χ4n) is 3.69. The topological polar surface area (TPSA) is 152 Å². The van der Waals surface area contributed by atoms with E-state index in [1.165, 1.54) is 22.5 Å². The van der Waals surface area contributed by atoms with Gasteiger partial charge in [-0.05, 0) is 23.8 Å². The molecule has 0 bridgehead atoms. The van der Waals surface area contributed by atoms with Gasteiger partial charge in [0.15, 0.2) is 0 Å². The molecule has 1 saturated heterocycles. The molecule has 1 atom stereocenters. The molecule has 1 fully saturated rings. The van der Waals surface area contributed by atoms with E-state index in [1.807, 2.05) is 0 Å². The van der Waals surface area contributed by atoms with Gasteiger partial charge in [-0.2, -0.15) is 4.31 Å². The second-order valence-electron chi connectivity index (χ2n) is 7.49. The van der Waals surface area contributed by atoms with Crippen LogP contribution in [0.4, 0.5) is 0 Å². The fourth-order valence-corrected chi connectivity index (χ4v) is 5.12. The second kappa shape index (κ2) is 9.14. The van der Waals surface area contributed by atoms with Crippen LogP contribution in [-0.2, 0) is 19.6 Å². The van der Waals surface area contributed by atoms with Gasteiger partial charge in [-0.1, -0.05) is 30.3 Å². The zero-order chi connectivity index (χ0) is 23.6. The number of aromatic amines is 1. The van der Waals surface area contributed by atoms with Gasteiger partial charge in [0.2, 0.25) is 21.5 Å². The lowest BCUT2D eigenvalue weighted by Gasteiger charge is -2.26. The van der Waals surface area contributed by atoms with Gasteiger partial charge in [-0.15, -0.1) is 0 Å². The Morgan fingerprint density at radius 2 is 1.76 bits per heavy atom. The number of rotatable bonds is 6. The van der Waals surface area contributed by atoms with Crippen LogP contribution in [0.15, 0.2) is 64.3 Å². The maximum absolute atomic E-state index is 13.1. The molecule has 0 aliphatic carbocycles. The maximum atomic E-state index is 13.1. The Morgan fingerprint density at radius 1 is 1.06 bits per heavy atom. The number of sulfonamides is 1. The van der Waals surface area contributed by atoms with Crippen molar-refractivity contribution in [1.82, 2.24) is 14.6 Å². The zero-order valence-electron chi connectivity index (χ0n) is 17.5. The summed E-state index contributed by atoms with van der Waals surface area (Å²) in [6.07, 6.45) is 0. The summed E-state index contributed by atoms with van der Waals surface area (Å²) in [6, 6.07) is 12.5. The molecular weight excluding hydrogens is 448 g/mol. The number of nitrogens with zero attached hydrogens (tertiary/aromatic N) is 1. The van der Waals surface area contributed by atoms with Crippen LogP contribution in [0.1, 0.15) is 22.0 Å². The first kappa shape index (κ1) is 22.6. The van der Waals surface area contributed by atoms with E-state index >= 15 is 0 Å². The highest BCUT2D eigenvalue weighted by molar-refractivity contribution is 7.89. The summed E-state index contributed by atoms with van der Waals surface area (Å²) in [5, 5.41) is 2.77. The lowest BCUT2D eigenvalue weighted by molar-refractivity contribution is -0.120. The van der Waals surface area contributed by atoms with Crippen LogP contribution in [0.25, 0.3) is 10.9 Å². The molecule has 4 N–H and O–H groups in total. The van der Waals surface area contributed by atoms with Crippen molar-refractivity contribution in [2.24, 2.45) is 5.73 Å². The molecule has 2 heterocycles.